The van der Waals surface area contributed by atoms with Gasteiger partial charge in [0.1, 0.15) is 0 Å². The summed E-state index contributed by atoms with van der Waals surface area (Å²) in [6.45, 7) is 14.6. The van der Waals surface area contributed by atoms with E-state index >= 15 is 0 Å². The van der Waals surface area contributed by atoms with Gasteiger partial charge in [-0.2, -0.15) is 0 Å². The molecule has 0 saturated carbocycles. The largest absolute Gasteiger partial charge is 0.413 e. The third-order valence-corrected chi connectivity index (χ3v) is 9.52. The molecule has 0 fully saturated rings. The summed E-state index contributed by atoms with van der Waals surface area (Å²) >= 11 is 3.50. The van der Waals surface area contributed by atoms with Crippen LogP contribution in [0.3, 0.4) is 0 Å². The lowest BCUT2D eigenvalue weighted by Gasteiger charge is -2.42. The third-order valence-electron chi connectivity index (χ3n) is 4.48. The molecule has 1 aromatic rings. The van der Waals surface area contributed by atoms with E-state index in [2.05, 4.69) is 74.9 Å². The molecular formula is C15H25BrOSi. The van der Waals surface area contributed by atoms with Crippen LogP contribution in [-0.2, 0) is 11.0 Å². The Hall–Kier alpha value is -0.123. The fourth-order valence-corrected chi connectivity index (χ4v) is 4.51. The van der Waals surface area contributed by atoms with Gasteiger partial charge in [-0.3, -0.25) is 0 Å². The molecule has 0 amide bonds. The summed E-state index contributed by atoms with van der Waals surface area (Å²) in [5.41, 5.74) is 1.24. The monoisotopic (exact) mass is 328 g/mol. The molecule has 0 radical (unpaired) electrons. The SMILES string of the molecule is CC(C)C(C)(C)[Si](C)(C)OCc1cccc(Br)c1. The van der Waals surface area contributed by atoms with Gasteiger partial charge in [0.15, 0.2) is 8.32 Å². The van der Waals surface area contributed by atoms with Gasteiger partial charge in [0.25, 0.3) is 0 Å². The summed E-state index contributed by atoms with van der Waals surface area (Å²) in [7, 11) is -1.71. The van der Waals surface area contributed by atoms with Crippen molar-refractivity contribution in [1.29, 1.82) is 0 Å². The van der Waals surface area contributed by atoms with Crippen molar-refractivity contribution in [3.05, 3.63) is 34.3 Å². The first-order valence-corrected chi connectivity index (χ1v) is 10.3. The van der Waals surface area contributed by atoms with Crippen molar-refractivity contribution in [3.63, 3.8) is 0 Å². The maximum absolute atomic E-state index is 6.31. The molecule has 1 rings (SSSR count). The zero-order valence-corrected chi connectivity index (χ0v) is 15.0. The summed E-state index contributed by atoms with van der Waals surface area (Å²) in [5, 5.41) is 0.277. The lowest BCUT2D eigenvalue weighted by Crippen LogP contribution is -2.45. The molecule has 0 aliphatic carbocycles. The Labute approximate surface area is 121 Å². The second-order valence-corrected chi connectivity index (χ2v) is 11.8. The van der Waals surface area contributed by atoms with Crippen LogP contribution in [0.15, 0.2) is 28.7 Å². The van der Waals surface area contributed by atoms with Crippen molar-refractivity contribution < 1.29 is 4.43 Å². The Balaban J connectivity index is 2.73. The quantitative estimate of drug-likeness (QED) is 0.638. The molecule has 3 heteroatoms. The molecule has 0 N–H and O–H groups in total. The molecule has 0 saturated heterocycles. The first-order valence-electron chi connectivity index (χ1n) is 6.55. The fourth-order valence-electron chi connectivity index (χ4n) is 1.77. The second kappa shape index (κ2) is 5.89. The Morgan fingerprint density at radius 1 is 1.28 bits per heavy atom. The van der Waals surface area contributed by atoms with Crippen LogP contribution in [0.5, 0.6) is 0 Å². The normalized spacial score (nSPS) is 13.1. The van der Waals surface area contributed by atoms with Gasteiger partial charge >= 0.3 is 0 Å². The summed E-state index contributed by atoms with van der Waals surface area (Å²) in [5.74, 6) is 0.640. The van der Waals surface area contributed by atoms with Gasteiger partial charge < -0.3 is 4.43 Å². The number of rotatable bonds is 5. The average Bonchev–Trinajstić information content (AvgIpc) is 2.26. The topological polar surface area (TPSA) is 9.23 Å². The lowest BCUT2D eigenvalue weighted by atomic mass is 9.99. The predicted octanol–water partition coefficient (Wildman–Crippen LogP) is 5.61. The van der Waals surface area contributed by atoms with Gasteiger partial charge in [-0.15, -0.1) is 0 Å². The van der Waals surface area contributed by atoms with E-state index in [1.165, 1.54) is 5.56 Å². The van der Waals surface area contributed by atoms with Gasteiger partial charge in [0.2, 0.25) is 0 Å². The van der Waals surface area contributed by atoms with E-state index < -0.39 is 8.32 Å². The molecule has 0 bridgehead atoms. The number of hydrogen-bond acceptors (Lipinski definition) is 1. The van der Waals surface area contributed by atoms with Crippen LogP contribution < -0.4 is 0 Å². The predicted molar refractivity (Wildman–Crippen MR) is 85.3 cm³/mol. The average molecular weight is 329 g/mol. The number of benzene rings is 1. The van der Waals surface area contributed by atoms with Crippen molar-refractivity contribution in [2.45, 2.75) is 52.4 Å². The molecule has 0 aliphatic heterocycles. The van der Waals surface area contributed by atoms with Crippen molar-refractivity contribution in [2.75, 3.05) is 0 Å². The van der Waals surface area contributed by atoms with Crippen LogP contribution in [0.25, 0.3) is 0 Å². The maximum atomic E-state index is 6.31. The Bertz CT molecular complexity index is 399. The minimum atomic E-state index is -1.71. The molecule has 0 heterocycles. The van der Waals surface area contributed by atoms with Crippen molar-refractivity contribution in [1.82, 2.24) is 0 Å². The lowest BCUT2D eigenvalue weighted by molar-refractivity contribution is 0.256. The Morgan fingerprint density at radius 2 is 1.89 bits per heavy atom. The van der Waals surface area contributed by atoms with E-state index in [1.807, 2.05) is 6.07 Å². The number of hydrogen-bond donors (Lipinski definition) is 0. The molecule has 102 valence electrons. The summed E-state index contributed by atoms with van der Waals surface area (Å²) in [6.07, 6.45) is 0. The maximum Gasteiger partial charge on any atom is 0.193 e. The molecule has 0 atom stereocenters. The minimum absolute atomic E-state index is 0.277. The van der Waals surface area contributed by atoms with Crippen LogP contribution in [0.2, 0.25) is 18.1 Å². The highest BCUT2D eigenvalue weighted by Crippen LogP contribution is 2.44. The van der Waals surface area contributed by atoms with Crippen molar-refractivity contribution >= 4 is 24.2 Å². The molecule has 1 aromatic carbocycles. The number of halogens is 1. The zero-order valence-electron chi connectivity index (χ0n) is 12.4. The highest BCUT2D eigenvalue weighted by molar-refractivity contribution is 9.10. The Morgan fingerprint density at radius 3 is 2.39 bits per heavy atom. The molecule has 0 aliphatic rings. The van der Waals surface area contributed by atoms with Crippen molar-refractivity contribution in [2.24, 2.45) is 5.92 Å². The van der Waals surface area contributed by atoms with Crippen LogP contribution in [-0.4, -0.2) is 8.32 Å². The molecule has 0 spiro atoms. The first kappa shape index (κ1) is 15.9. The molecular weight excluding hydrogens is 304 g/mol. The standard InChI is InChI=1S/C15H25BrOSi/c1-12(2)15(3,4)18(5,6)17-11-13-8-7-9-14(16)10-13/h7-10,12H,11H2,1-6H3. The smallest absolute Gasteiger partial charge is 0.193 e. The molecule has 0 aromatic heterocycles. The molecule has 0 unspecified atom stereocenters. The summed E-state index contributed by atoms with van der Waals surface area (Å²) in [4.78, 5) is 0. The van der Waals surface area contributed by atoms with Crippen LogP contribution in [0.4, 0.5) is 0 Å². The highest BCUT2D eigenvalue weighted by atomic mass is 79.9. The summed E-state index contributed by atoms with van der Waals surface area (Å²) in [6, 6.07) is 8.36. The second-order valence-electron chi connectivity index (χ2n) is 6.31. The van der Waals surface area contributed by atoms with Crippen LogP contribution in [0, 0.1) is 5.92 Å². The summed E-state index contributed by atoms with van der Waals surface area (Å²) < 4.78 is 7.43. The van der Waals surface area contributed by atoms with E-state index in [-0.39, 0.29) is 5.04 Å². The highest BCUT2D eigenvalue weighted by Gasteiger charge is 2.43. The van der Waals surface area contributed by atoms with Crippen LogP contribution >= 0.6 is 15.9 Å². The minimum Gasteiger partial charge on any atom is -0.413 e. The van der Waals surface area contributed by atoms with E-state index in [0.29, 0.717) is 5.92 Å². The first-order chi connectivity index (χ1) is 8.17. The van der Waals surface area contributed by atoms with E-state index in [0.717, 1.165) is 11.1 Å². The third kappa shape index (κ3) is 3.69. The van der Waals surface area contributed by atoms with Crippen LogP contribution in [0.1, 0.15) is 33.3 Å². The van der Waals surface area contributed by atoms with Gasteiger partial charge in [-0.1, -0.05) is 55.8 Å². The zero-order chi connectivity index (χ0) is 14.0. The Kier molecular flexibility index (Phi) is 5.21. The van der Waals surface area contributed by atoms with E-state index in [4.69, 9.17) is 4.43 Å². The van der Waals surface area contributed by atoms with Gasteiger partial charge in [0, 0.05) is 4.47 Å². The fraction of sp³-hybridized carbons (Fsp3) is 0.600. The van der Waals surface area contributed by atoms with E-state index in [9.17, 15) is 0 Å². The van der Waals surface area contributed by atoms with Gasteiger partial charge in [-0.25, -0.2) is 0 Å². The molecule has 18 heavy (non-hydrogen) atoms. The van der Waals surface area contributed by atoms with Gasteiger partial charge in [-0.05, 0) is 41.7 Å². The molecule has 1 nitrogen and oxygen atoms in total. The van der Waals surface area contributed by atoms with E-state index in [1.54, 1.807) is 0 Å². The van der Waals surface area contributed by atoms with Gasteiger partial charge in [0.05, 0.1) is 6.61 Å². The van der Waals surface area contributed by atoms with Crippen molar-refractivity contribution in [3.8, 4) is 0 Å².